The van der Waals surface area contributed by atoms with E-state index in [1.54, 1.807) is 0 Å². The van der Waals surface area contributed by atoms with Crippen LogP contribution in [0.4, 0.5) is 5.82 Å². The SMILES string of the molecule is Cc1ccc2c(c1)c(N(C)CCN)nn2C. The molecule has 0 aliphatic rings. The van der Waals surface area contributed by atoms with Crippen LogP contribution in [0.3, 0.4) is 0 Å². The van der Waals surface area contributed by atoms with E-state index in [-0.39, 0.29) is 0 Å². The Labute approximate surface area is 95.6 Å². The number of rotatable bonds is 3. The van der Waals surface area contributed by atoms with E-state index in [0.29, 0.717) is 6.54 Å². The highest BCUT2D eigenvalue weighted by molar-refractivity contribution is 5.91. The van der Waals surface area contributed by atoms with Gasteiger partial charge in [0, 0.05) is 32.6 Å². The minimum Gasteiger partial charge on any atom is -0.356 e. The van der Waals surface area contributed by atoms with Crippen LogP contribution in [0.1, 0.15) is 5.56 Å². The standard InChI is InChI=1S/C12H18N4/c1-9-4-5-11-10(8-9)12(14-16(11)3)15(2)7-6-13/h4-5,8H,6-7,13H2,1-3H3. The number of nitrogens with zero attached hydrogens (tertiary/aromatic N) is 3. The highest BCUT2D eigenvalue weighted by atomic mass is 15.3. The lowest BCUT2D eigenvalue weighted by atomic mass is 10.1. The molecule has 2 N–H and O–H groups in total. The van der Waals surface area contributed by atoms with Gasteiger partial charge in [0.2, 0.25) is 0 Å². The zero-order valence-electron chi connectivity index (χ0n) is 10.1. The van der Waals surface area contributed by atoms with Gasteiger partial charge in [-0.25, -0.2) is 0 Å². The van der Waals surface area contributed by atoms with Crippen LogP contribution in [-0.2, 0) is 7.05 Å². The maximum absolute atomic E-state index is 5.57. The molecule has 0 saturated heterocycles. The van der Waals surface area contributed by atoms with Crippen molar-refractivity contribution in [2.75, 3.05) is 25.0 Å². The van der Waals surface area contributed by atoms with Crippen LogP contribution in [0.15, 0.2) is 18.2 Å². The molecule has 0 spiro atoms. The molecule has 0 aliphatic heterocycles. The first-order valence-corrected chi connectivity index (χ1v) is 5.48. The number of hydrogen-bond acceptors (Lipinski definition) is 3. The van der Waals surface area contributed by atoms with Crippen LogP contribution in [0.5, 0.6) is 0 Å². The molecular weight excluding hydrogens is 200 g/mol. The van der Waals surface area contributed by atoms with E-state index in [1.165, 1.54) is 10.9 Å². The summed E-state index contributed by atoms with van der Waals surface area (Å²) >= 11 is 0. The summed E-state index contributed by atoms with van der Waals surface area (Å²) in [6.07, 6.45) is 0. The van der Waals surface area contributed by atoms with E-state index in [4.69, 9.17) is 5.73 Å². The number of aryl methyl sites for hydroxylation is 2. The van der Waals surface area contributed by atoms with Crippen molar-refractivity contribution in [1.82, 2.24) is 9.78 Å². The normalized spacial score (nSPS) is 11.0. The molecule has 0 saturated carbocycles. The van der Waals surface area contributed by atoms with Crippen molar-refractivity contribution in [2.24, 2.45) is 12.8 Å². The second-order valence-electron chi connectivity index (χ2n) is 4.18. The molecule has 0 fully saturated rings. The summed E-state index contributed by atoms with van der Waals surface area (Å²) < 4.78 is 1.91. The zero-order chi connectivity index (χ0) is 11.7. The van der Waals surface area contributed by atoms with Crippen LogP contribution in [0, 0.1) is 6.92 Å². The maximum Gasteiger partial charge on any atom is 0.158 e. The number of aromatic nitrogens is 2. The average molecular weight is 218 g/mol. The van der Waals surface area contributed by atoms with E-state index >= 15 is 0 Å². The molecule has 1 aromatic carbocycles. The van der Waals surface area contributed by atoms with Crippen LogP contribution in [0.25, 0.3) is 10.9 Å². The third-order valence-corrected chi connectivity index (χ3v) is 2.81. The first-order valence-electron chi connectivity index (χ1n) is 5.48. The molecule has 1 aromatic heterocycles. The van der Waals surface area contributed by atoms with Crippen molar-refractivity contribution in [3.8, 4) is 0 Å². The zero-order valence-corrected chi connectivity index (χ0v) is 10.1. The Morgan fingerprint density at radius 1 is 1.44 bits per heavy atom. The quantitative estimate of drug-likeness (QED) is 0.844. The molecule has 4 heteroatoms. The molecule has 2 rings (SSSR count). The first kappa shape index (κ1) is 11.0. The Bertz CT molecular complexity index is 501. The molecule has 0 bridgehead atoms. The largest absolute Gasteiger partial charge is 0.356 e. The van der Waals surface area contributed by atoms with Gasteiger partial charge < -0.3 is 10.6 Å². The summed E-state index contributed by atoms with van der Waals surface area (Å²) in [6.45, 7) is 3.56. The molecule has 0 radical (unpaired) electrons. The molecule has 0 unspecified atom stereocenters. The van der Waals surface area contributed by atoms with Crippen molar-refractivity contribution >= 4 is 16.7 Å². The second kappa shape index (κ2) is 4.14. The Hall–Kier alpha value is -1.55. The van der Waals surface area contributed by atoms with Crippen LogP contribution in [-0.4, -0.2) is 29.9 Å². The molecule has 0 atom stereocenters. The Morgan fingerprint density at radius 3 is 2.88 bits per heavy atom. The number of hydrogen-bond donors (Lipinski definition) is 1. The first-order chi connectivity index (χ1) is 7.63. The molecule has 2 aromatic rings. The topological polar surface area (TPSA) is 47.1 Å². The van der Waals surface area contributed by atoms with Gasteiger partial charge in [-0.1, -0.05) is 11.6 Å². The van der Waals surface area contributed by atoms with E-state index in [1.807, 2.05) is 18.8 Å². The van der Waals surface area contributed by atoms with Gasteiger partial charge in [-0.15, -0.1) is 0 Å². The predicted octanol–water partition coefficient (Wildman–Crippen LogP) is 1.28. The molecule has 86 valence electrons. The summed E-state index contributed by atoms with van der Waals surface area (Å²) in [6, 6.07) is 6.39. The van der Waals surface area contributed by atoms with Gasteiger partial charge in [-0.05, 0) is 19.1 Å². The third-order valence-electron chi connectivity index (χ3n) is 2.81. The van der Waals surface area contributed by atoms with E-state index in [0.717, 1.165) is 17.9 Å². The van der Waals surface area contributed by atoms with E-state index in [9.17, 15) is 0 Å². The number of fused-ring (bicyclic) bond motifs is 1. The number of benzene rings is 1. The molecule has 0 amide bonds. The van der Waals surface area contributed by atoms with Gasteiger partial charge in [0.05, 0.1) is 5.52 Å². The molecule has 16 heavy (non-hydrogen) atoms. The van der Waals surface area contributed by atoms with Gasteiger partial charge in [0.25, 0.3) is 0 Å². The van der Waals surface area contributed by atoms with Gasteiger partial charge in [-0.3, -0.25) is 4.68 Å². The summed E-state index contributed by atoms with van der Waals surface area (Å²) in [7, 11) is 3.99. The lowest BCUT2D eigenvalue weighted by Crippen LogP contribution is -2.25. The van der Waals surface area contributed by atoms with Crippen molar-refractivity contribution in [3.05, 3.63) is 23.8 Å². The highest BCUT2D eigenvalue weighted by Gasteiger charge is 2.11. The summed E-state index contributed by atoms with van der Waals surface area (Å²) in [5.41, 5.74) is 7.98. The summed E-state index contributed by atoms with van der Waals surface area (Å²) in [5, 5.41) is 5.73. The van der Waals surface area contributed by atoms with Gasteiger partial charge in [0.1, 0.15) is 0 Å². The second-order valence-corrected chi connectivity index (χ2v) is 4.18. The number of likely N-dealkylation sites (N-methyl/N-ethyl adjacent to an activating group) is 1. The third kappa shape index (κ3) is 1.76. The van der Waals surface area contributed by atoms with E-state index in [2.05, 4.69) is 35.1 Å². The molecule has 1 heterocycles. The van der Waals surface area contributed by atoms with Gasteiger partial charge in [0.15, 0.2) is 5.82 Å². The minimum atomic E-state index is 0.639. The van der Waals surface area contributed by atoms with Gasteiger partial charge >= 0.3 is 0 Å². The predicted molar refractivity (Wildman–Crippen MR) is 67.8 cm³/mol. The maximum atomic E-state index is 5.57. The molecule has 0 aliphatic carbocycles. The highest BCUT2D eigenvalue weighted by Crippen LogP contribution is 2.25. The monoisotopic (exact) mass is 218 g/mol. The minimum absolute atomic E-state index is 0.639. The van der Waals surface area contributed by atoms with E-state index < -0.39 is 0 Å². The van der Waals surface area contributed by atoms with Crippen molar-refractivity contribution < 1.29 is 0 Å². The fourth-order valence-corrected chi connectivity index (χ4v) is 1.94. The fourth-order valence-electron chi connectivity index (χ4n) is 1.94. The number of nitrogens with two attached hydrogens (primary N) is 1. The molecule has 4 nitrogen and oxygen atoms in total. The van der Waals surface area contributed by atoms with Crippen molar-refractivity contribution in [3.63, 3.8) is 0 Å². The Balaban J connectivity index is 2.56. The molecular formula is C12H18N4. The Kier molecular flexibility index (Phi) is 2.83. The van der Waals surface area contributed by atoms with Crippen molar-refractivity contribution in [1.29, 1.82) is 0 Å². The van der Waals surface area contributed by atoms with Crippen LogP contribution < -0.4 is 10.6 Å². The smallest absolute Gasteiger partial charge is 0.158 e. The fraction of sp³-hybridized carbons (Fsp3) is 0.417. The van der Waals surface area contributed by atoms with Gasteiger partial charge in [-0.2, -0.15) is 5.10 Å². The van der Waals surface area contributed by atoms with Crippen LogP contribution in [0.2, 0.25) is 0 Å². The summed E-state index contributed by atoms with van der Waals surface area (Å²) in [4.78, 5) is 2.10. The average Bonchev–Trinajstić information content (AvgIpc) is 2.56. The summed E-state index contributed by atoms with van der Waals surface area (Å²) in [5.74, 6) is 1.01. The lowest BCUT2D eigenvalue weighted by molar-refractivity contribution is 0.772. The Morgan fingerprint density at radius 2 is 2.19 bits per heavy atom. The lowest BCUT2D eigenvalue weighted by Gasteiger charge is -2.15. The van der Waals surface area contributed by atoms with Crippen LogP contribution >= 0.6 is 0 Å². The van der Waals surface area contributed by atoms with Crippen molar-refractivity contribution in [2.45, 2.75) is 6.92 Å². The number of anilines is 1.